The van der Waals surface area contributed by atoms with E-state index in [0.29, 0.717) is 0 Å². The molecule has 2 rings (SSSR count). The maximum Gasteiger partial charge on any atom is 0.127 e. The van der Waals surface area contributed by atoms with Crippen molar-refractivity contribution in [1.29, 1.82) is 0 Å². The molecule has 1 aromatic heterocycles. The van der Waals surface area contributed by atoms with Crippen LogP contribution in [0.2, 0.25) is 0 Å². The maximum atomic E-state index is 6.15. The van der Waals surface area contributed by atoms with E-state index in [1.54, 1.807) is 0 Å². The number of aryl methyl sites for hydroxylation is 1. The average Bonchev–Trinajstić information content (AvgIpc) is 2.74. The Kier molecular flexibility index (Phi) is 11.4. The van der Waals surface area contributed by atoms with E-state index in [4.69, 9.17) is 4.74 Å². The molecule has 0 unspecified atom stereocenters. The molecule has 2 nitrogen and oxygen atoms in total. The van der Waals surface area contributed by atoms with E-state index in [1.807, 2.05) is 12.4 Å². The molecule has 0 amide bonds. The first-order chi connectivity index (χ1) is 13.9. The highest BCUT2D eigenvalue weighted by Crippen LogP contribution is 2.32. The first kappa shape index (κ1) is 22.5. The van der Waals surface area contributed by atoms with Gasteiger partial charge in [0.05, 0.1) is 6.61 Å². The van der Waals surface area contributed by atoms with Gasteiger partial charge in [0.1, 0.15) is 5.75 Å². The second-order valence-electron chi connectivity index (χ2n) is 7.81. The smallest absolute Gasteiger partial charge is 0.127 e. The second-order valence-corrected chi connectivity index (χ2v) is 7.81. The molecule has 0 spiro atoms. The summed E-state index contributed by atoms with van der Waals surface area (Å²) in [5, 5.41) is 0. The molecule has 154 valence electrons. The van der Waals surface area contributed by atoms with E-state index in [-0.39, 0.29) is 0 Å². The zero-order chi connectivity index (χ0) is 19.9. The van der Waals surface area contributed by atoms with E-state index in [2.05, 4.69) is 49.2 Å². The van der Waals surface area contributed by atoms with Crippen LogP contribution in [0.4, 0.5) is 0 Å². The molecular weight excluding hydrogens is 342 g/mol. The second kappa shape index (κ2) is 14.2. The zero-order valence-electron chi connectivity index (χ0n) is 18.1. The molecule has 1 heterocycles. The van der Waals surface area contributed by atoms with Crippen LogP contribution in [0.1, 0.15) is 90.0 Å². The van der Waals surface area contributed by atoms with Crippen molar-refractivity contribution in [2.75, 3.05) is 6.61 Å². The number of aromatic nitrogens is 1. The number of hydrogen-bond acceptors (Lipinski definition) is 2. The van der Waals surface area contributed by atoms with Crippen molar-refractivity contribution in [3.05, 3.63) is 48.3 Å². The monoisotopic (exact) mass is 381 g/mol. The van der Waals surface area contributed by atoms with Crippen LogP contribution in [0.3, 0.4) is 0 Å². The number of pyridine rings is 1. The summed E-state index contributed by atoms with van der Waals surface area (Å²) in [6, 6.07) is 10.6. The third-order valence-electron chi connectivity index (χ3n) is 5.39. The molecule has 0 aliphatic carbocycles. The summed E-state index contributed by atoms with van der Waals surface area (Å²) in [5.41, 5.74) is 3.83. The molecule has 0 saturated heterocycles. The van der Waals surface area contributed by atoms with E-state index in [9.17, 15) is 0 Å². The molecule has 2 aromatic rings. The van der Waals surface area contributed by atoms with Crippen molar-refractivity contribution in [2.45, 2.75) is 90.9 Å². The average molecular weight is 382 g/mol. The highest BCUT2D eigenvalue weighted by atomic mass is 16.5. The van der Waals surface area contributed by atoms with E-state index in [0.717, 1.165) is 25.2 Å². The first-order valence-corrected chi connectivity index (χ1v) is 11.5. The summed E-state index contributed by atoms with van der Waals surface area (Å²) in [7, 11) is 0. The van der Waals surface area contributed by atoms with Crippen LogP contribution in [0.15, 0.2) is 42.7 Å². The van der Waals surface area contributed by atoms with Crippen molar-refractivity contribution in [3.63, 3.8) is 0 Å². The van der Waals surface area contributed by atoms with Crippen molar-refractivity contribution in [2.24, 2.45) is 0 Å². The van der Waals surface area contributed by atoms with Crippen LogP contribution in [-0.4, -0.2) is 11.6 Å². The fourth-order valence-electron chi connectivity index (χ4n) is 3.69. The number of ether oxygens (including phenoxy) is 1. The molecule has 0 bridgehead atoms. The summed E-state index contributed by atoms with van der Waals surface area (Å²) in [6.07, 6.45) is 19.3. The lowest BCUT2D eigenvalue weighted by Crippen LogP contribution is -2.00. The van der Waals surface area contributed by atoms with Crippen LogP contribution in [0.25, 0.3) is 11.1 Å². The summed E-state index contributed by atoms with van der Waals surface area (Å²) >= 11 is 0. The van der Waals surface area contributed by atoms with Gasteiger partial charge in [-0.25, -0.2) is 0 Å². The molecule has 1 aromatic carbocycles. The number of unbranched alkanes of at least 4 members (excludes halogenated alkanes) is 9. The van der Waals surface area contributed by atoms with Crippen LogP contribution < -0.4 is 4.74 Å². The van der Waals surface area contributed by atoms with Crippen molar-refractivity contribution in [1.82, 2.24) is 4.98 Å². The molecule has 0 aliphatic heterocycles. The quantitative estimate of drug-likeness (QED) is 0.291. The predicted octanol–water partition coefficient (Wildman–Crippen LogP) is 8.00. The van der Waals surface area contributed by atoms with Gasteiger partial charge in [0.15, 0.2) is 0 Å². The molecule has 0 atom stereocenters. The summed E-state index contributed by atoms with van der Waals surface area (Å²) < 4.78 is 6.15. The lowest BCUT2D eigenvalue weighted by atomic mass is 9.96. The Morgan fingerprint density at radius 2 is 1.39 bits per heavy atom. The van der Waals surface area contributed by atoms with Gasteiger partial charge in [-0.3, -0.25) is 4.98 Å². The molecule has 0 N–H and O–H groups in total. The van der Waals surface area contributed by atoms with Gasteiger partial charge in [-0.1, -0.05) is 89.8 Å². The van der Waals surface area contributed by atoms with Crippen molar-refractivity contribution >= 4 is 0 Å². The molecule has 0 fully saturated rings. The fourth-order valence-corrected chi connectivity index (χ4v) is 3.69. The van der Waals surface area contributed by atoms with Crippen molar-refractivity contribution in [3.8, 4) is 16.9 Å². The minimum absolute atomic E-state index is 0.801. The van der Waals surface area contributed by atoms with Crippen LogP contribution >= 0.6 is 0 Å². The Bertz CT molecular complexity index is 652. The molecular formula is C26H39NO. The molecule has 0 saturated carbocycles. The van der Waals surface area contributed by atoms with Crippen LogP contribution in [0.5, 0.6) is 5.75 Å². The van der Waals surface area contributed by atoms with Gasteiger partial charge >= 0.3 is 0 Å². The fraction of sp³-hybridized carbons (Fsp3) is 0.577. The highest BCUT2D eigenvalue weighted by molar-refractivity contribution is 5.72. The van der Waals surface area contributed by atoms with Crippen LogP contribution in [-0.2, 0) is 6.42 Å². The Morgan fingerprint density at radius 1 is 0.714 bits per heavy atom. The van der Waals surface area contributed by atoms with Gasteiger partial charge in [-0.15, -0.1) is 0 Å². The minimum Gasteiger partial charge on any atom is -0.493 e. The van der Waals surface area contributed by atoms with Gasteiger partial charge in [0, 0.05) is 18.0 Å². The van der Waals surface area contributed by atoms with Gasteiger partial charge in [0.2, 0.25) is 0 Å². The largest absolute Gasteiger partial charge is 0.493 e. The number of nitrogens with zero attached hydrogens (tertiary/aromatic N) is 1. The van der Waals surface area contributed by atoms with Gasteiger partial charge in [-0.05, 0) is 42.5 Å². The number of rotatable bonds is 15. The predicted molar refractivity (Wildman–Crippen MR) is 121 cm³/mol. The lowest BCUT2D eigenvalue weighted by molar-refractivity contribution is 0.306. The Labute approximate surface area is 172 Å². The number of hydrogen-bond donors (Lipinski definition) is 0. The third-order valence-corrected chi connectivity index (χ3v) is 5.39. The SMILES string of the molecule is CCCCCCCCCc1cnccc1-c1ccccc1OCCCCCC. The Balaban J connectivity index is 1.94. The first-order valence-electron chi connectivity index (χ1n) is 11.5. The topological polar surface area (TPSA) is 22.1 Å². The third kappa shape index (κ3) is 8.04. The zero-order valence-corrected chi connectivity index (χ0v) is 18.1. The minimum atomic E-state index is 0.801. The van der Waals surface area contributed by atoms with Crippen LogP contribution in [0, 0.1) is 0 Å². The van der Waals surface area contributed by atoms with Gasteiger partial charge < -0.3 is 4.74 Å². The maximum absolute atomic E-state index is 6.15. The summed E-state index contributed by atoms with van der Waals surface area (Å²) in [4.78, 5) is 4.39. The standard InChI is InChI=1S/C26H39NO/c1-3-5-7-9-10-11-12-16-23-22-27-20-19-24(23)25-17-13-14-18-26(25)28-21-15-8-6-4-2/h13-14,17-20,22H,3-12,15-16,21H2,1-2H3. The molecule has 28 heavy (non-hydrogen) atoms. The Hall–Kier alpha value is -1.83. The van der Waals surface area contributed by atoms with E-state index < -0.39 is 0 Å². The summed E-state index contributed by atoms with van der Waals surface area (Å²) in [6.45, 7) is 5.32. The van der Waals surface area contributed by atoms with Gasteiger partial charge in [-0.2, -0.15) is 0 Å². The molecule has 2 heteroatoms. The number of benzene rings is 1. The van der Waals surface area contributed by atoms with E-state index >= 15 is 0 Å². The lowest BCUT2D eigenvalue weighted by Gasteiger charge is -2.14. The van der Waals surface area contributed by atoms with Crippen molar-refractivity contribution < 1.29 is 4.74 Å². The highest BCUT2D eigenvalue weighted by Gasteiger charge is 2.10. The molecule has 0 aliphatic rings. The molecule has 0 radical (unpaired) electrons. The normalized spacial score (nSPS) is 10.9. The van der Waals surface area contributed by atoms with E-state index in [1.165, 1.54) is 80.9 Å². The summed E-state index contributed by atoms with van der Waals surface area (Å²) in [5.74, 6) is 1.01. The van der Waals surface area contributed by atoms with Gasteiger partial charge in [0.25, 0.3) is 0 Å². The number of para-hydroxylation sites is 1. The Morgan fingerprint density at radius 3 is 2.18 bits per heavy atom.